The zero-order valence-corrected chi connectivity index (χ0v) is 14.9. The van der Waals surface area contributed by atoms with Gasteiger partial charge in [0, 0.05) is 18.8 Å². The second-order valence-electron chi connectivity index (χ2n) is 6.04. The number of nitrogens with one attached hydrogen (secondary N) is 2. The fraction of sp³-hybridized carbons (Fsp3) is 0.150. The van der Waals surface area contributed by atoms with Crippen LogP contribution >= 0.6 is 0 Å². The lowest BCUT2D eigenvalue weighted by Crippen LogP contribution is -2.37. The zero-order chi connectivity index (χ0) is 19.9. The second-order valence-corrected chi connectivity index (χ2v) is 6.04. The maximum atomic E-state index is 13.5. The summed E-state index contributed by atoms with van der Waals surface area (Å²) in [6, 6.07) is 12.3. The summed E-state index contributed by atoms with van der Waals surface area (Å²) in [5.74, 6) is -2.95. The predicted octanol–water partition coefficient (Wildman–Crippen LogP) is 2.24. The van der Waals surface area contributed by atoms with Crippen molar-refractivity contribution in [3.8, 4) is 5.69 Å². The Morgan fingerprint density at radius 3 is 2.57 bits per heavy atom. The summed E-state index contributed by atoms with van der Waals surface area (Å²) in [5.41, 5.74) is 1.57. The van der Waals surface area contributed by atoms with Gasteiger partial charge < -0.3 is 10.6 Å². The molecule has 6 nitrogen and oxygen atoms in total. The van der Waals surface area contributed by atoms with Crippen LogP contribution in [-0.4, -0.2) is 34.7 Å². The van der Waals surface area contributed by atoms with Crippen LogP contribution in [-0.2, 0) is 11.2 Å². The molecule has 2 aromatic carbocycles. The molecule has 1 aromatic heterocycles. The quantitative estimate of drug-likeness (QED) is 0.656. The van der Waals surface area contributed by atoms with Crippen LogP contribution in [0.25, 0.3) is 5.69 Å². The lowest BCUT2D eigenvalue weighted by Gasteiger charge is -2.07. The van der Waals surface area contributed by atoms with Gasteiger partial charge in [-0.1, -0.05) is 18.2 Å². The molecule has 0 bridgehead atoms. The third-order valence-corrected chi connectivity index (χ3v) is 3.98. The summed E-state index contributed by atoms with van der Waals surface area (Å²) in [6.45, 7) is 0.0546. The summed E-state index contributed by atoms with van der Waals surface area (Å²) in [7, 11) is 0. The van der Waals surface area contributed by atoms with E-state index in [4.69, 9.17) is 0 Å². The molecule has 0 spiro atoms. The number of carbonyl (C=O) groups is 2. The average Bonchev–Trinajstić information content (AvgIpc) is 3.16. The number of halogens is 2. The third-order valence-electron chi connectivity index (χ3n) is 3.98. The van der Waals surface area contributed by atoms with Crippen LogP contribution < -0.4 is 10.6 Å². The summed E-state index contributed by atoms with van der Waals surface area (Å²) in [4.78, 5) is 23.7. The minimum absolute atomic E-state index is 0.307. The van der Waals surface area contributed by atoms with E-state index in [0.717, 1.165) is 23.4 Å². The van der Waals surface area contributed by atoms with E-state index in [1.165, 1.54) is 0 Å². The molecule has 0 radical (unpaired) electrons. The number of aromatic nitrogens is 2. The molecule has 0 aliphatic rings. The topological polar surface area (TPSA) is 76.0 Å². The normalized spacial score (nSPS) is 10.5. The molecule has 2 N–H and O–H groups in total. The van der Waals surface area contributed by atoms with Gasteiger partial charge in [0.05, 0.1) is 24.0 Å². The second kappa shape index (κ2) is 8.90. The van der Waals surface area contributed by atoms with Crippen molar-refractivity contribution in [3.05, 3.63) is 83.7 Å². The van der Waals surface area contributed by atoms with Crippen molar-refractivity contribution in [3.63, 3.8) is 0 Å². The van der Waals surface area contributed by atoms with Crippen molar-refractivity contribution in [1.82, 2.24) is 20.4 Å². The SMILES string of the molecule is O=C(CNC(=O)c1ccc(F)cc1F)NCCc1cnn(-c2ccccc2)c1. The number of carbonyl (C=O) groups excluding carboxylic acids is 2. The number of amides is 2. The first-order valence-electron chi connectivity index (χ1n) is 8.62. The standard InChI is InChI=1S/C20H18F2N4O2/c21-15-6-7-17(18(22)10-15)20(28)24-12-19(27)23-9-8-14-11-25-26(13-14)16-4-2-1-3-5-16/h1-7,10-11,13H,8-9,12H2,(H,23,27)(H,24,28). The van der Waals surface area contributed by atoms with Crippen molar-refractivity contribution in [2.24, 2.45) is 0 Å². The van der Waals surface area contributed by atoms with Crippen LogP contribution in [0.3, 0.4) is 0 Å². The van der Waals surface area contributed by atoms with Crippen LogP contribution in [0.4, 0.5) is 8.78 Å². The van der Waals surface area contributed by atoms with E-state index in [-0.39, 0.29) is 12.1 Å². The van der Waals surface area contributed by atoms with Gasteiger partial charge in [-0.05, 0) is 36.2 Å². The van der Waals surface area contributed by atoms with Crippen LogP contribution in [0.1, 0.15) is 15.9 Å². The first-order chi connectivity index (χ1) is 13.5. The van der Waals surface area contributed by atoms with E-state index in [1.54, 1.807) is 10.9 Å². The third kappa shape index (κ3) is 5.00. The fourth-order valence-corrected chi connectivity index (χ4v) is 2.55. The van der Waals surface area contributed by atoms with Crippen LogP contribution in [0.2, 0.25) is 0 Å². The van der Waals surface area contributed by atoms with Crippen molar-refractivity contribution >= 4 is 11.8 Å². The van der Waals surface area contributed by atoms with Gasteiger partial charge in [0.25, 0.3) is 5.91 Å². The number of para-hydroxylation sites is 1. The maximum absolute atomic E-state index is 13.5. The monoisotopic (exact) mass is 384 g/mol. The largest absolute Gasteiger partial charge is 0.354 e. The van der Waals surface area contributed by atoms with Crippen molar-refractivity contribution in [2.45, 2.75) is 6.42 Å². The molecule has 8 heteroatoms. The lowest BCUT2D eigenvalue weighted by molar-refractivity contribution is -0.120. The molecule has 0 saturated carbocycles. The van der Waals surface area contributed by atoms with Gasteiger partial charge in [-0.25, -0.2) is 13.5 Å². The summed E-state index contributed by atoms with van der Waals surface area (Å²) >= 11 is 0. The van der Waals surface area contributed by atoms with Gasteiger partial charge in [-0.2, -0.15) is 5.10 Å². The van der Waals surface area contributed by atoms with Crippen LogP contribution in [0.5, 0.6) is 0 Å². The number of nitrogens with zero attached hydrogens (tertiary/aromatic N) is 2. The van der Waals surface area contributed by atoms with E-state index < -0.39 is 23.4 Å². The average molecular weight is 384 g/mol. The molecule has 2 amide bonds. The van der Waals surface area contributed by atoms with E-state index in [1.807, 2.05) is 36.5 Å². The Kier molecular flexibility index (Phi) is 6.11. The summed E-state index contributed by atoms with van der Waals surface area (Å²) < 4.78 is 28.1. The Bertz CT molecular complexity index is 973. The Morgan fingerprint density at radius 2 is 1.82 bits per heavy atom. The molecule has 3 rings (SSSR count). The minimum Gasteiger partial charge on any atom is -0.354 e. The number of rotatable bonds is 7. The molecular weight excluding hydrogens is 366 g/mol. The molecule has 3 aromatic rings. The Hall–Kier alpha value is -3.55. The Morgan fingerprint density at radius 1 is 1.04 bits per heavy atom. The minimum atomic E-state index is -0.978. The number of hydrogen-bond acceptors (Lipinski definition) is 3. The summed E-state index contributed by atoms with van der Waals surface area (Å²) in [5, 5.41) is 9.25. The van der Waals surface area contributed by atoms with E-state index in [0.29, 0.717) is 19.0 Å². The first-order valence-corrected chi connectivity index (χ1v) is 8.62. The van der Waals surface area contributed by atoms with Crippen LogP contribution in [0, 0.1) is 11.6 Å². The predicted molar refractivity (Wildman–Crippen MR) is 99.0 cm³/mol. The highest BCUT2D eigenvalue weighted by Crippen LogP contribution is 2.09. The highest BCUT2D eigenvalue weighted by atomic mass is 19.1. The van der Waals surface area contributed by atoms with E-state index >= 15 is 0 Å². The zero-order valence-electron chi connectivity index (χ0n) is 14.9. The number of hydrogen-bond donors (Lipinski definition) is 2. The lowest BCUT2D eigenvalue weighted by atomic mass is 10.2. The van der Waals surface area contributed by atoms with Gasteiger partial charge in [0.2, 0.25) is 5.91 Å². The molecule has 0 atom stereocenters. The van der Waals surface area contributed by atoms with Crippen LogP contribution in [0.15, 0.2) is 60.9 Å². The van der Waals surface area contributed by atoms with Crippen molar-refractivity contribution in [1.29, 1.82) is 0 Å². The van der Waals surface area contributed by atoms with Gasteiger partial charge in [-0.3, -0.25) is 9.59 Å². The maximum Gasteiger partial charge on any atom is 0.254 e. The molecule has 28 heavy (non-hydrogen) atoms. The number of benzene rings is 2. The molecule has 0 unspecified atom stereocenters. The van der Waals surface area contributed by atoms with Gasteiger partial charge in [-0.15, -0.1) is 0 Å². The van der Waals surface area contributed by atoms with E-state index in [2.05, 4.69) is 15.7 Å². The molecule has 0 saturated heterocycles. The molecule has 0 aliphatic heterocycles. The molecule has 0 fully saturated rings. The van der Waals surface area contributed by atoms with Crippen molar-refractivity contribution in [2.75, 3.05) is 13.1 Å². The first kappa shape index (κ1) is 19.2. The molecule has 0 aliphatic carbocycles. The highest BCUT2D eigenvalue weighted by Gasteiger charge is 2.13. The highest BCUT2D eigenvalue weighted by molar-refractivity contribution is 5.96. The molecule has 144 valence electrons. The molecule has 1 heterocycles. The van der Waals surface area contributed by atoms with Gasteiger partial charge in [0.1, 0.15) is 11.6 Å². The van der Waals surface area contributed by atoms with Gasteiger partial charge in [0.15, 0.2) is 0 Å². The fourth-order valence-electron chi connectivity index (χ4n) is 2.55. The van der Waals surface area contributed by atoms with E-state index in [9.17, 15) is 18.4 Å². The van der Waals surface area contributed by atoms with Crippen molar-refractivity contribution < 1.29 is 18.4 Å². The Balaban J connectivity index is 1.42. The smallest absolute Gasteiger partial charge is 0.254 e. The Labute approximate surface area is 160 Å². The summed E-state index contributed by atoms with van der Waals surface area (Å²) in [6.07, 6.45) is 4.16. The molecular formula is C20H18F2N4O2. The van der Waals surface area contributed by atoms with Gasteiger partial charge >= 0.3 is 0 Å².